The monoisotopic (exact) mass is 323 g/mol. The van der Waals surface area contributed by atoms with Crippen molar-refractivity contribution in [2.75, 3.05) is 10.2 Å². The number of aromatic nitrogens is 1. The van der Waals surface area contributed by atoms with Gasteiger partial charge in [-0.1, -0.05) is 41.9 Å². The van der Waals surface area contributed by atoms with Gasteiger partial charge in [0.2, 0.25) is 0 Å². The molecular weight excluding hydrogens is 314 g/mol. The molecule has 0 bridgehead atoms. The topological polar surface area (TPSA) is 28.2 Å². The molecule has 0 spiro atoms. The van der Waals surface area contributed by atoms with Crippen LogP contribution in [-0.4, -0.2) is 10.6 Å². The quantitative estimate of drug-likeness (QED) is 0.673. The third-order valence-electron chi connectivity index (χ3n) is 2.87. The minimum atomic E-state index is -0.262. The maximum atomic E-state index is 6.31. The molecule has 0 radical (unpaired) electrons. The Labute approximate surface area is 119 Å². The van der Waals surface area contributed by atoms with E-state index in [1.807, 2.05) is 24.3 Å². The highest BCUT2D eigenvalue weighted by molar-refractivity contribution is 9.10. The highest BCUT2D eigenvalue weighted by atomic mass is 79.9. The summed E-state index contributed by atoms with van der Waals surface area (Å²) >= 11 is 9.74. The lowest BCUT2D eigenvalue weighted by Gasteiger charge is -2.22. The number of nitrogens with zero attached hydrogens (tertiary/aromatic N) is 2. The second-order valence-corrected chi connectivity index (χ2v) is 5.44. The van der Waals surface area contributed by atoms with Gasteiger partial charge in [-0.15, -0.1) is 0 Å². The summed E-state index contributed by atoms with van der Waals surface area (Å²) in [5.41, 5.74) is 1.98. The minimum absolute atomic E-state index is 0.262. The smallest absolute Gasteiger partial charge is 0.179 e. The average molecular weight is 325 g/mol. The molecule has 1 aliphatic rings. The van der Waals surface area contributed by atoms with Gasteiger partial charge in [0, 0.05) is 17.2 Å². The van der Waals surface area contributed by atoms with Gasteiger partial charge in [0.15, 0.2) is 11.4 Å². The summed E-state index contributed by atoms with van der Waals surface area (Å²) in [6.45, 7) is 0.757. The van der Waals surface area contributed by atoms with Gasteiger partial charge >= 0.3 is 0 Å². The van der Waals surface area contributed by atoms with E-state index in [0.717, 1.165) is 22.5 Å². The van der Waals surface area contributed by atoms with Gasteiger partial charge in [0.1, 0.15) is 0 Å². The van der Waals surface area contributed by atoms with Gasteiger partial charge in [0.05, 0.1) is 5.69 Å². The van der Waals surface area contributed by atoms with Crippen molar-refractivity contribution in [2.24, 2.45) is 0 Å². The number of hydrogen-bond acceptors (Lipinski definition) is 3. The summed E-state index contributed by atoms with van der Waals surface area (Å²) in [5, 5.41) is 3.15. The van der Waals surface area contributed by atoms with Crippen molar-refractivity contribution in [3.8, 4) is 0 Å². The molecule has 5 heteroatoms. The number of rotatable bonds is 2. The Morgan fingerprint density at radius 2 is 2.11 bits per heavy atom. The number of halogens is 2. The van der Waals surface area contributed by atoms with Crippen LogP contribution in [0.1, 0.15) is 5.56 Å². The van der Waals surface area contributed by atoms with Crippen LogP contribution >= 0.6 is 27.5 Å². The number of pyridine rings is 1. The molecule has 92 valence electrons. The van der Waals surface area contributed by atoms with E-state index in [2.05, 4.69) is 43.3 Å². The molecule has 1 atom stereocenters. The Hall–Kier alpha value is -1.26. The molecule has 1 N–H and O–H groups in total. The minimum Gasteiger partial charge on any atom is -0.336 e. The summed E-state index contributed by atoms with van der Waals surface area (Å²) in [6, 6.07) is 12.3. The highest BCUT2D eigenvalue weighted by Crippen LogP contribution is 2.36. The fraction of sp³-hybridized carbons (Fsp3) is 0.154. The average Bonchev–Trinajstić information content (AvgIpc) is 2.67. The summed E-state index contributed by atoms with van der Waals surface area (Å²) in [6.07, 6.45) is 1.77. The van der Waals surface area contributed by atoms with Gasteiger partial charge in [-0.05, 0) is 27.6 Å². The second-order valence-electron chi connectivity index (χ2n) is 4.11. The number of hydrogen-bond donors (Lipinski definition) is 1. The van der Waals surface area contributed by atoms with Crippen LogP contribution in [0.2, 0.25) is 0 Å². The van der Waals surface area contributed by atoms with Gasteiger partial charge in [-0.2, -0.15) is 0 Å². The Balaban J connectivity index is 1.92. The van der Waals surface area contributed by atoms with Gasteiger partial charge in [-0.25, -0.2) is 4.98 Å². The standard InChI is InChI=1S/C13H11BrClN3/c14-10-6-11-12(16-7-10)17-13(15)18(11)8-9-4-2-1-3-5-9/h1-7,13H,8H2,(H,16,17). The van der Waals surface area contributed by atoms with Crippen LogP contribution < -0.4 is 10.2 Å². The Bertz CT molecular complexity index is 561. The van der Waals surface area contributed by atoms with Crippen molar-refractivity contribution in [1.29, 1.82) is 0 Å². The van der Waals surface area contributed by atoms with E-state index in [9.17, 15) is 0 Å². The molecule has 0 fully saturated rings. The second kappa shape index (κ2) is 4.78. The maximum absolute atomic E-state index is 6.31. The SMILES string of the molecule is ClC1Nc2ncc(Br)cc2N1Cc1ccccc1. The first-order chi connectivity index (χ1) is 8.74. The maximum Gasteiger partial charge on any atom is 0.179 e. The normalized spacial score (nSPS) is 17.4. The third-order valence-corrected chi connectivity index (χ3v) is 3.65. The van der Waals surface area contributed by atoms with E-state index in [4.69, 9.17) is 11.6 Å². The van der Waals surface area contributed by atoms with E-state index < -0.39 is 0 Å². The van der Waals surface area contributed by atoms with Crippen molar-refractivity contribution in [2.45, 2.75) is 12.2 Å². The Morgan fingerprint density at radius 3 is 2.89 bits per heavy atom. The van der Waals surface area contributed by atoms with Crippen molar-refractivity contribution in [1.82, 2.24) is 4.98 Å². The molecule has 0 saturated heterocycles. The first-order valence-electron chi connectivity index (χ1n) is 5.61. The van der Waals surface area contributed by atoms with Crippen molar-refractivity contribution in [3.05, 3.63) is 52.6 Å². The van der Waals surface area contributed by atoms with E-state index in [1.54, 1.807) is 6.20 Å². The van der Waals surface area contributed by atoms with Crippen molar-refractivity contribution >= 4 is 39.0 Å². The zero-order chi connectivity index (χ0) is 12.5. The third kappa shape index (κ3) is 2.18. The predicted octanol–water partition coefficient (Wildman–Crippen LogP) is 3.80. The van der Waals surface area contributed by atoms with E-state index >= 15 is 0 Å². The fourth-order valence-electron chi connectivity index (χ4n) is 2.02. The summed E-state index contributed by atoms with van der Waals surface area (Å²) < 4.78 is 0.951. The molecule has 3 rings (SSSR count). The van der Waals surface area contributed by atoms with E-state index in [1.165, 1.54) is 5.56 Å². The van der Waals surface area contributed by atoms with Gasteiger partial charge in [-0.3, -0.25) is 0 Å². The Kier molecular flexibility index (Phi) is 3.14. The van der Waals surface area contributed by atoms with Crippen LogP contribution in [0.5, 0.6) is 0 Å². The Morgan fingerprint density at radius 1 is 1.33 bits per heavy atom. The largest absolute Gasteiger partial charge is 0.336 e. The molecule has 0 saturated carbocycles. The number of nitrogens with one attached hydrogen (secondary N) is 1. The van der Waals surface area contributed by atoms with Crippen molar-refractivity contribution < 1.29 is 0 Å². The lowest BCUT2D eigenvalue weighted by molar-refractivity contribution is 0.827. The molecule has 18 heavy (non-hydrogen) atoms. The summed E-state index contributed by atoms with van der Waals surface area (Å²) in [5.74, 6) is 0.828. The van der Waals surface area contributed by atoms with Crippen molar-refractivity contribution in [3.63, 3.8) is 0 Å². The van der Waals surface area contributed by atoms with Gasteiger partial charge < -0.3 is 10.2 Å². The lowest BCUT2D eigenvalue weighted by Crippen LogP contribution is -2.30. The molecule has 0 amide bonds. The van der Waals surface area contributed by atoms with Crippen LogP contribution in [0, 0.1) is 0 Å². The molecule has 2 aromatic rings. The molecule has 0 aliphatic carbocycles. The highest BCUT2D eigenvalue weighted by Gasteiger charge is 2.28. The molecule has 1 aliphatic heterocycles. The number of anilines is 2. The molecule has 3 nitrogen and oxygen atoms in total. The number of alkyl halides is 1. The zero-order valence-electron chi connectivity index (χ0n) is 9.48. The number of fused-ring (bicyclic) bond motifs is 1. The predicted molar refractivity (Wildman–Crippen MR) is 77.8 cm³/mol. The van der Waals surface area contributed by atoms with Crippen LogP contribution in [0.15, 0.2) is 47.1 Å². The van der Waals surface area contributed by atoms with Gasteiger partial charge in [0.25, 0.3) is 0 Å². The van der Waals surface area contributed by atoms with Crippen LogP contribution in [0.4, 0.5) is 11.5 Å². The molecule has 1 unspecified atom stereocenters. The molecule has 1 aromatic carbocycles. The first-order valence-corrected chi connectivity index (χ1v) is 6.84. The fourth-order valence-corrected chi connectivity index (χ4v) is 2.61. The lowest BCUT2D eigenvalue weighted by atomic mass is 10.2. The first kappa shape index (κ1) is 11.8. The molecular formula is C13H11BrClN3. The van der Waals surface area contributed by atoms with Crippen LogP contribution in [0.3, 0.4) is 0 Å². The van der Waals surface area contributed by atoms with Crippen LogP contribution in [-0.2, 0) is 6.54 Å². The molecule has 2 heterocycles. The summed E-state index contributed by atoms with van der Waals surface area (Å²) in [7, 11) is 0. The van der Waals surface area contributed by atoms with E-state index in [-0.39, 0.29) is 5.62 Å². The number of benzene rings is 1. The molecule has 1 aromatic heterocycles. The zero-order valence-corrected chi connectivity index (χ0v) is 11.8. The summed E-state index contributed by atoms with van der Waals surface area (Å²) in [4.78, 5) is 6.40. The van der Waals surface area contributed by atoms with E-state index in [0.29, 0.717) is 0 Å². The van der Waals surface area contributed by atoms with Crippen LogP contribution in [0.25, 0.3) is 0 Å².